The minimum absolute atomic E-state index is 0.0428. The van der Waals surface area contributed by atoms with Crippen LogP contribution in [0.2, 0.25) is 0 Å². The number of likely N-dealkylation sites (tertiary alicyclic amines) is 1. The molecule has 8 heteroatoms. The number of carbonyl (C=O) groups excluding carboxylic acids is 1. The molecule has 0 atom stereocenters. The van der Waals surface area contributed by atoms with Crippen LogP contribution in [0, 0.1) is 5.92 Å². The van der Waals surface area contributed by atoms with Crippen LogP contribution >= 0.6 is 0 Å². The fourth-order valence-electron chi connectivity index (χ4n) is 3.91. The maximum Gasteiger partial charge on any atom is 0.321 e. The zero-order valence-electron chi connectivity index (χ0n) is 16.7. The average molecular weight is 396 g/mol. The molecular weight excluding hydrogens is 366 g/mol. The lowest BCUT2D eigenvalue weighted by Crippen LogP contribution is -2.36. The van der Waals surface area contributed by atoms with E-state index in [1.165, 1.54) is 0 Å². The Hall–Kier alpha value is -2.87. The molecule has 4 N–H and O–H groups in total. The van der Waals surface area contributed by atoms with E-state index in [9.17, 15) is 4.79 Å². The molecule has 2 amide bonds. The number of nitrogens with one attached hydrogen (secondary N) is 2. The predicted octanol–water partition coefficient (Wildman–Crippen LogP) is 3.02. The van der Waals surface area contributed by atoms with Gasteiger partial charge in [0.1, 0.15) is 5.82 Å². The Morgan fingerprint density at radius 1 is 1.10 bits per heavy atom. The molecule has 2 fully saturated rings. The van der Waals surface area contributed by atoms with E-state index in [1.54, 1.807) is 6.20 Å². The molecular formula is C21H29N7O. The van der Waals surface area contributed by atoms with Crippen molar-refractivity contribution in [2.45, 2.75) is 25.7 Å². The Kier molecular flexibility index (Phi) is 6.09. The summed E-state index contributed by atoms with van der Waals surface area (Å²) in [6, 6.07) is 9.53. The number of hydrogen-bond donors (Lipinski definition) is 3. The van der Waals surface area contributed by atoms with Gasteiger partial charge in [-0.2, -0.15) is 4.98 Å². The highest BCUT2D eigenvalue weighted by Gasteiger charge is 2.20. The number of carbonyl (C=O) groups is 1. The van der Waals surface area contributed by atoms with Gasteiger partial charge >= 0.3 is 6.03 Å². The summed E-state index contributed by atoms with van der Waals surface area (Å²) in [6.45, 7) is 4.35. The molecule has 8 nitrogen and oxygen atoms in total. The molecule has 0 spiro atoms. The van der Waals surface area contributed by atoms with Crippen LogP contribution in [0.3, 0.4) is 0 Å². The largest absolute Gasteiger partial charge is 0.356 e. The van der Waals surface area contributed by atoms with Crippen LogP contribution in [-0.2, 0) is 0 Å². The first-order valence-electron chi connectivity index (χ1n) is 10.4. The predicted molar refractivity (Wildman–Crippen MR) is 116 cm³/mol. The highest BCUT2D eigenvalue weighted by Crippen LogP contribution is 2.23. The standard InChI is InChI=1S/C21H29N7O/c22-15-16-7-12-27(13-8-16)19-6-9-23-20(26-19)24-17-4-3-5-18(14-17)25-21(29)28-10-1-2-11-28/h3-6,9,14,16H,1-2,7-8,10-13,15,22H2,(H,25,29)(H,23,24,26). The van der Waals surface area contributed by atoms with E-state index in [4.69, 9.17) is 5.73 Å². The number of anilines is 4. The number of benzene rings is 1. The SMILES string of the molecule is NCC1CCN(c2ccnc(Nc3cccc(NC(=O)N4CCCC4)c3)n2)CC1. The van der Waals surface area contributed by atoms with Crippen molar-refractivity contribution in [2.24, 2.45) is 11.7 Å². The number of nitrogens with two attached hydrogens (primary N) is 1. The minimum Gasteiger partial charge on any atom is -0.356 e. The molecule has 0 aliphatic carbocycles. The van der Waals surface area contributed by atoms with Crippen LogP contribution in [0.15, 0.2) is 36.5 Å². The van der Waals surface area contributed by atoms with Gasteiger partial charge in [0.2, 0.25) is 5.95 Å². The van der Waals surface area contributed by atoms with Gasteiger partial charge in [0.25, 0.3) is 0 Å². The Morgan fingerprint density at radius 2 is 1.86 bits per heavy atom. The topological polar surface area (TPSA) is 99.4 Å². The molecule has 0 saturated carbocycles. The Bertz CT molecular complexity index is 829. The minimum atomic E-state index is -0.0428. The van der Waals surface area contributed by atoms with Crippen molar-refractivity contribution < 1.29 is 4.79 Å². The van der Waals surface area contributed by atoms with Crippen LogP contribution in [0.25, 0.3) is 0 Å². The number of aromatic nitrogens is 2. The van der Waals surface area contributed by atoms with Crippen molar-refractivity contribution in [1.29, 1.82) is 0 Å². The van der Waals surface area contributed by atoms with Crippen LogP contribution in [0.4, 0.5) is 27.9 Å². The zero-order chi connectivity index (χ0) is 20.1. The first-order valence-corrected chi connectivity index (χ1v) is 10.4. The number of amides is 2. The van der Waals surface area contributed by atoms with Crippen LogP contribution in [0.5, 0.6) is 0 Å². The second kappa shape index (κ2) is 9.09. The fourth-order valence-corrected chi connectivity index (χ4v) is 3.91. The molecule has 0 unspecified atom stereocenters. The summed E-state index contributed by atoms with van der Waals surface area (Å²) in [5.41, 5.74) is 7.38. The summed E-state index contributed by atoms with van der Waals surface area (Å²) in [4.78, 5) is 25.5. The van der Waals surface area contributed by atoms with Crippen molar-refractivity contribution in [3.05, 3.63) is 36.5 Å². The summed E-state index contributed by atoms with van der Waals surface area (Å²) >= 11 is 0. The Labute approximate surface area is 171 Å². The van der Waals surface area contributed by atoms with Gasteiger partial charge in [0, 0.05) is 43.8 Å². The highest BCUT2D eigenvalue weighted by atomic mass is 16.2. The van der Waals surface area contributed by atoms with Crippen molar-refractivity contribution in [3.8, 4) is 0 Å². The monoisotopic (exact) mass is 395 g/mol. The first-order chi connectivity index (χ1) is 14.2. The van der Waals surface area contributed by atoms with Crippen molar-refractivity contribution in [3.63, 3.8) is 0 Å². The maximum atomic E-state index is 12.3. The highest BCUT2D eigenvalue weighted by molar-refractivity contribution is 5.90. The van der Waals surface area contributed by atoms with E-state index in [0.717, 1.165) is 75.6 Å². The van der Waals surface area contributed by atoms with E-state index in [0.29, 0.717) is 11.9 Å². The van der Waals surface area contributed by atoms with Gasteiger partial charge < -0.3 is 26.2 Å². The third-order valence-electron chi connectivity index (χ3n) is 5.68. The molecule has 4 rings (SSSR count). The molecule has 29 heavy (non-hydrogen) atoms. The number of urea groups is 1. The number of nitrogens with zero attached hydrogens (tertiary/aromatic N) is 4. The molecule has 2 aliphatic rings. The lowest BCUT2D eigenvalue weighted by molar-refractivity contribution is 0.222. The van der Waals surface area contributed by atoms with Crippen LogP contribution in [-0.4, -0.2) is 53.6 Å². The average Bonchev–Trinajstić information content (AvgIpc) is 3.29. The van der Waals surface area contributed by atoms with Gasteiger partial charge in [-0.1, -0.05) is 6.07 Å². The van der Waals surface area contributed by atoms with Crippen molar-refractivity contribution in [1.82, 2.24) is 14.9 Å². The Morgan fingerprint density at radius 3 is 2.62 bits per heavy atom. The lowest BCUT2D eigenvalue weighted by atomic mass is 9.97. The van der Waals surface area contributed by atoms with Gasteiger partial charge in [0.05, 0.1) is 0 Å². The summed E-state index contributed by atoms with van der Waals surface area (Å²) in [6.07, 6.45) is 6.13. The molecule has 1 aromatic heterocycles. The normalized spacial score (nSPS) is 17.4. The summed E-state index contributed by atoms with van der Waals surface area (Å²) in [5, 5.41) is 6.22. The smallest absolute Gasteiger partial charge is 0.321 e. The van der Waals surface area contributed by atoms with E-state index in [1.807, 2.05) is 35.2 Å². The van der Waals surface area contributed by atoms with Gasteiger partial charge in [-0.05, 0) is 62.4 Å². The third kappa shape index (κ3) is 4.95. The first kappa shape index (κ1) is 19.4. The molecule has 2 aromatic rings. The van der Waals surface area contributed by atoms with E-state index >= 15 is 0 Å². The second-order valence-corrected chi connectivity index (χ2v) is 7.73. The van der Waals surface area contributed by atoms with Crippen LogP contribution < -0.4 is 21.3 Å². The number of piperidine rings is 1. The second-order valence-electron chi connectivity index (χ2n) is 7.73. The van der Waals surface area contributed by atoms with Gasteiger partial charge in [-0.3, -0.25) is 0 Å². The molecule has 2 aliphatic heterocycles. The summed E-state index contributed by atoms with van der Waals surface area (Å²) in [5.74, 6) is 2.09. The van der Waals surface area contributed by atoms with Crippen molar-refractivity contribution in [2.75, 3.05) is 48.3 Å². The number of rotatable bonds is 5. The molecule has 2 saturated heterocycles. The summed E-state index contributed by atoms with van der Waals surface area (Å²) in [7, 11) is 0. The molecule has 154 valence electrons. The third-order valence-corrected chi connectivity index (χ3v) is 5.68. The van der Waals surface area contributed by atoms with E-state index in [2.05, 4.69) is 25.5 Å². The van der Waals surface area contributed by atoms with Gasteiger partial charge in [-0.25, -0.2) is 9.78 Å². The van der Waals surface area contributed by atoms with Crippen molar-refractivity contribution >= 4 is 29.2 Å². The van der Waals surface area contributed by atoms with E-state index < -0.39 is 0 Å². The summed E-state index contributed by atoms with van der Waals surface area (Å²) < 4.78 is 0. The van der Waals surface area contributed by atoms with E-state index in [-0.39, 0.29) is 6.03 Å². The van der Waals surface area contributed by atoms with Crippen LogP contribution in [0.1, 0.15) is 25.7 Å². The molecule has 0 radical (unpaired) electrons. The number of hydrogen-bond acceptors (Lipinski definition) is 6. The molecule has 0 bridgehead atoms. The molecule has 1 aromatic carbocycles. The Balaban J connectivity index is 1.39. The lowest BCUT2D eigenvalue weighted by Gasteiger charge is -2.32. The van der Waals surface area contributed by atoms with Gasteiger partial charge in [0.15, 0.2) is 0 Å². The maximum absolute atomic E-state index is 12.3. The molecule has 3 heterocycles. The van der Waals surface area contributed by atoms with Gasteiger partial charge in [-0.15, -0.1) is 0 Å². The zero-order valence-corrected chi connectivity index (χ0v) is 16.7. The quantitative estimate of drug-likeness (QED) is 0.720. The fraction of sp³-hybridized carbons (Fsp3) is 0.476.